The van der Waals surface area contributed by atoms with Crippen LogP contribution < -0.4 is 0 Å². The van der Waals surface area contributed by atoms with E-state index in [1.807, 2.05) is 37.0 Å². The lowest BCUT2D eigenvalue weighted by molar-refractivity contribution is -0.165. The van der Waals surface area contributed by atoms with Crippen LogP contribution in [0.15, 0.2) is 57.8 Å². The largest absolute Gasteiger partial charge is 0.455 e. The first kappa shape index (κ1) is 57.1. The Hall–Kier alpha value is -0.939. The highest BCUT2D eigenvalue weighted by atomic mass is 127. The zero-order chi connectivity index (χ0) is 44.7. The molecule has 0 saturated carbocycles. The first-order valence-electron chi connectivity index (χ1n) is 22.7. The van der Waals surface area contributed by atoms with Gasteiger partial charge in [0, 0.05) is 30.9 Å². The number of esters is 1. The molecule has 0 aromatic rings. The van der Waals surface area contributed by atoms with Crippen molar-refractivity contribution in [1.29, 1.82) is 0 Å². The van der Waals surface area contributed by atoms with Crippen LogP contribution >= 0.6 is 22.6 Å². The Morgan fingerprint density at radius 3 is 1.62 bits per heavy atom. The standard InChI is InChI=1S/C47H87IO7Si3/c1-18-38(14)42(53-56(20-3,21-4)22-5)33-32-36(12)30-29-31-43(54-57(23-6,24-7)25-8)44(51-17)40(16)45(52-47(50)39(15)34-37(13)35-48)46(41(49)19-2)55-58(26-9,27-10)28-11/h18,30,32-35,38,40,42-46H,1,19-29,31H2,2-17H3/b33-32+,36-30+,37-35+,39-34+/t38-,40+,42+,43+,44+,45?,46+/m1/s1. The minimum absolute atomic E-state index is 0.0111. The third-order valence-electron chi connectivity index (χ3n) is 13.1. The van der Waals surface area contributed by atoms with Gasteiger partial charge in [0.25, 0.3) is 0 Å². The fraction of sp³-hybridized carbons (Fsp3) is 0.745. The maximum absolute atomic E-state index is 14.0. The molecule has 0 aromatic carbocycles. The smallest absolute Gasteiger partial charge is 0.334 e. The van der Waals surface area contributed by atoms with E-state index >= 15 is 0 Å². The molecule has 0 amide bonds. The first-order chi connectivity index (χ1) is 27.4. The number of rotatable bonds is 32. The number of halogens is 1. The van der Waals surface area contributed by atoms with Crippen LogP contribution in [-0.2, 0) is 32.3 Å². The highest BCUT2D eigenvalue weighted by Crippen LogP contribution is 2.35. The van der Waals surface area contributed by atoms with Gasteiger partial charge in [0.1, 0.15) is 12.2 Å². The van der Waals surface area contributed by atoms with Crippen LogP contribution in [0.3, 0.4) is 0 Å². The molecular weight excluding hydrogens is 888 g/mol. The Kier molecular flexibility index (Phi) is 28.9. The van der Waals surface area contributed by atoms with Gasteiger partial charge in [-0.25, -0.2) is 4.79 Å². The van der Waals surface area contributed by atoms with Crippen LogP contribution in [0.4, 0.5) is 0 Å². The molecule has 0 saturated heterocycles. The quantitative estimate of drug-likeness (QED) is 0.0166. The number of carbonyl (C=O) groups excluding carboxylic acids is 2. The fourth-order valence-corrected chi connectivity index (χ4v) is 16.7. The summed E-state index contributed by atoms with van der Waals surface area (Å²) in [7, 11) is -4.54. The molecule has 0 fully saturated rings. The Balaban J connectivity index is 7.28. The van der Waals surface area contributed by atoms with E-state index in [9.17, 15) is 9.59 Å². The van der Waals surface area contributed by atoms with Crippen LogP contribution in [0.1, 0.15) is 123 Å². The summed E-state index contributed by atoms with van der Waals surface area (Å²) >= 11 is 2.17. The van der Waals surface area contributed by atoms with Crippen molar-refractivity contribution in [3.8, 4) is 0 Å². The lowest BCUT2D eigenvalue weighted by Crippen LogP contribution is -2.55. The van der Waals surface area contributed by atoms with Crippen LogP contribution in [0.25, 0.3) is 0 Å². The number of allylic oxidation sites excluding steroid dienone is 5. The van der Waals surface area contributed by atoms with E-state index < -0.39 is 55.2 Å². The van der Waals surface area contributed by atoms with Crippen molar-refractivity contribution >= 4 is 59.3 Å². The summed E-state index contributed by atoms with van der Waals surface area (Å²) in [6.07, 6.45) is 9.77. The topological polar surface area (TPSA) is 80.3 Å². The molecule has 1 unspecified atom stereocenters. The summed E-state index contributed by atoms with van der Waals surface area (Å²) < 4.78 is 36.2. The van der Waals surface area contributed by atoms with Crippen molar-refractivity contribution in [2.45, 2.75) is 208 Å². The second-order valence-corrected chi connectivity index (χ2v) is 31.2. The molecule has 0 aliphatic rings. The SMILES string of the molecule is C=C[C@@H](C)[C@H](/C=C/C(C)=C/CC[C@H](O[Si](CC)(CC)CC)[C@@H](OC)[C@H](C)C(OC(=O)/C(C)=C/C(C)=C/I)[C@@H](O[Si](CC)(CC)CC)C(=O)CC)O[Si](CC)(CC)CC. The van der Waals surface area contributed by atoms with Gasteiger partial charge in [0.15, 0.2) is 30.7 Å². The Bertz CT molecular complexity index is 1310. The van der Waals surface area contributed by atoms with Crippen LogP contribution in [0.5, 0.6) is 0 Å². The van der Waals surface area contributed by atoms with Gasteiger partial charge in [0.05, 0.1) is 18.3 Å². The lowest BCUT2D eigenvalue weighted by Gasteiger charge is -2.43. The minimum atomic E-state index is -2.31. The summed E-state index contributed by atoms with van der Waals surface area (Å²) in [5, 5.41) is 0. The monoisotopic (exact) mass is 974 g/mol. The van der Waals surface area contributed by atoms with E-state index in [4.69, 9.17) is 22.8 Å². The molecule has 7 atom stereocenters. The van der Waals surface area contributed by atoms with Gasteiger partial charge in [-0.1, -0.05) is 136 Å². The second kappa shape index (κ2) is 29.4. The predicted octanol–water partition coefficient (Wildman–Crippen LogP) is 14.1. The van der Waals surface area contributed by atoms with Gasteiger partial charge in [-0.2, -0.15) is 0 Å². The third-order valence-corrected chi connectivity index (χ3v) is 28.0. The van der Waals surface area contributed by atoms with Crippen molar-refractivity contribution in [2.75, 3.05) is 7.11 Å². The van der Waals surface area contributed by atoms with Crippen molar-refractivity contribution in [3.05, 3.63) is 57.8 Å². The first-order valence-corrected chi connectivity index (χ1v) is 31.5. The zero-order valence-electron chi connectivity index (χ0n) is 39.9. The van der Waals surface area contributed by atoms with Gasteiger partial charge >= 0.3 is 5.97 Å². The normalized spacial score (nSPS) is 17.4. The molecule has 0 radical (unpaired) electrons. The third kappa shape index (κ3) is 17.4. The number of hydrogen-bond acceptors (Lipinski definition) is 7. The molecule has 0 bridgehead atoms. The number of carbonyl (C=O) groups is 2. The summed E-state index contributed by atoms with van der Waals surface area (Å²) in [5.74, 6) is -0.710. The van der Waals surface area contributed by atoms with Crippen LogP contribution in [0, 0.1) is 11.8 Å². The number of ether oxygens (including phenoxy) is 2. The van der Waals surface area contributed by atoms with Gasteiger partial charge in [-0.15, -0.1) is 6.58 Å². The zero-order valence-corrected chi connectivity index (χ0v) is 45.1. The average molecular weight is 975 g/mol. The summed E-state index contributed by atoms with van der Waals surface area (Å²) in [4.78, 5) is 28.0. The van der Waals surface area contributed by atoms with Gasteiger partial charge in [-0.3, -0.25) is 4.79 Å². The van der Waals surface area contributed by atoms with Crippen molar-refractivity contribution < 1.29 is 32.3 Å². The molecule has 0 aliphatic heterocycles. The summed E-state index contributed by atoms with van der Waals surface area (Å²) in [5.41, 5.74) is 2.59. The molecule has 58 heavy (non-hydrogen) atoms. The highest BCUT2D eigenvalue weighted by molar-refractivity contribution is 14.1. The van der Waals surface area contributed by atoms with Crippen molar-refractivity contribution in [1.82, 2.24) is 0 Å². The van der Waals surface area contributed by atoms with E-state index in [0.717, 1.165) is 66.4 Å². The predicted molar refractivity (Wildman–Crippen MR) is 264 cm³/mol. The molecule has 0 N–H and O–H groups in total. The van der Waals surface area contributed by atoms with E-state index in [0.29, 0.717) is 12.0 Å². The second-order valence-electron chi connectivity index (χ2n) is 16.4. The van der Waals surface area contributed by atoms with Gasteiger partial charge in [-0.05, 0) is 104 Å². The lowest BCUT2D eigenvalue weighted by atomic mass is 9.87. The number of hydrogen-bond donors (Lipinski definition) is 0. The maximum atomic E-state index is 14.0. The van der Waals surface area contributed by atoms with Gasteiger partial charge in [0.2, 0.25) is 0 Å². The number of Topliss-reactive ketones (excluding diaryl/α,β-unsaturated/α-hetero) is 1. The molecule has 7 nitrogen and oxygen atoms in total. The highest BCUT2D eigenvalue weighted by Gasteiger charge is 2.46. The van der Waals surface area contributed by atoms with Crippen molar-refractivity contribution in [3.63, 3.8) is 0 Å². The molecule has 0 heterocycles. The molecule has 0 aromatic heterocycles. The van der Waals surface area contributed by atoms with Gasteiger partial charge < -0.3 is 22.8 Å². The Morgan fingerprint density at radius 1 is 0.707 bits per heavy atom. The van der Waals surface area contributed by atoms with E-state index in [-0.39, 0.29) is 30.3 Å². The maximum Gasteiger partial charge on any atom is 0.334 e. The molecule has 11 heteroatoms. The Morgan fingerprint density at radius 2 is 1.19 bits per heavy atom. The van der Waals surface area contributed by atoms with Crippen LogP contribution in [-0.4, -0.2) is 74.3 Å². The van der Waals surface area contributed by atoms with E-state index in [2.05, 4.69) is 124 Å². The van der Waals surface area contributed by atoms with E-state index in [1.165, 1.54) is 5.57 Å². The van der Waals surface area contributed by atoms with Crippen LogP contribution in [0.2, 0.25) is 54.4 Å². The molecule has 336 valence electrons. The molecule has 0 spiro atoms. The fourth-order valence-electron chi connectivity index (χ4n) is 7.92. The number of methoxy groups -OCH3 is 1. The molecule has 0 aliphatic carbocycles. The number of ketones is 1. The summed E-state index contributed by atoms with van der Waals surface area (Å²) in [6, 6.07) is 8.89. The average Bonchev–Trinajstić information content (AvgIpc) is 3.25. The molecular formula is C47H87IO7Si3. The van der Waals surface area contributed by atoms with E-state index in [1.54, 1.807) is 14.0 Å². The summed E-state index contributed by atoms with van der Waals surface area (Å²) in [6.45, 7) is 36.1. The molecule has 0 rings (SSSR count). The van der Waals surface area contributed by atoms with Crippen molar-refractivity contribution in [2.24, 2.45) is 11.8 Å². The Labute approximate surface area is 374 Å². The minimum Gasteiger partial charge on any atom is -0.455 e.